The number of fused-ring (bicyclic) bond motifs is 3. The van der Waals surface area contributed by atoms with Gasteiger partial charge in [-0.1, -0.05) is 11.6 Å². The number of likely N-dealkylation sites (tertiary alicyclic amines) is 1. The quantitative estimate of drug-likeness (QED) is 0.264. The van der Waals surface area contributed by atoms with Crippen molar-refractivity contribution in [1.29, 1.82) is 5.41 Å². The molecule has 3 saturated carbocycles. The highest BCUT2D eigenvalue weighted by Crippen LogP contribution is 2.54. The van der Waals surface area contributed by atoms with E-state index < -0.39 is 0 Å². The predicted molar refractivity (Wildman–Crippen MR) is 152 cm³/mol. The second-order valence-electron chi connectivity index (χ2n) is 11.5. The van der Waals surface area contributed by atoms with Crippen LogP contribution >= 0.6 is 23.5 Å². The van der Waals surface area contributed by atoms with Crippen LogP contribution in [0.3, 0.4) is 0 Å². The predicted octanol–water partition coefficient (Wildman–Crippen LogP) is 6.13. The summed E-state index contributed by atoms with van der Waals surface area (Å²) in [6.07, 6.45) is 7.52. The Hall–Kier alpha value is -1.94. The smallest absolute Gasteiger partial charge is 0.228 e. The van der Waals surface area contributed by atoms with E-state index in [-0.39, 0.29) is 22.9 Å². The van der Waals surface area contributed by atoms with Gasteiger partial charge in [0.1, 0.15) is 23.6 Å². The first-order chi connectivity index (χ1) is 18.1. The summed E-state index contributed by atoms with van der Waals surface area (Å²) in [5, 5.41) is 8.85. The van der Waals surface area contributed by atoms with Crippen molar-refractivity contribution in [2.45, 2.75) is 100 Å². The minimum atomic E-state index is -0.267. The van der Waals surface area contributed by atoms with Gasteiger partial charge in [0.25, 0.3) is 0 Å². The van der Waals surface area contributed by atoms with E-state index >= 15 is 0 Å². The van der Waals surface area contributed by atoms with Gasteiger partial charge < -0.3 is 20.8 Å². The lowest BCUT2D eigenvalue weighted by Crippen LogP contribution is -2.54. The summed E-state index contributed by atoms with van der Waals surface area (Å²) in [6, 6.07) is 5.17. The standard InChI is InChI=1S/C28H38ClFN6OS/c1-17(2)36-14-6-20(7-15-36)37-25-23(18(3)31)24(32)33-26(34-25)27-8-11-28(12-9-27,13-10-27)35-38-22-16-19(29)4-5-21(22)30/h4-5,16-17,20,31,35H,6-15H2,1-3H3,(H2,32,33,34). The Morgan fingerprint density at radius 3 is 2.45 bits per heavy atom. The highest BCUT2D eigenvalue weighted by Gasteiger charge is 2.51. The van der Waals surface area contributed by atoms with E-state index in [1.807, 2.05) is 0 Å². The van der Waals surface area contributed by atoms with Crippen LogP contribution in [-0.2, 0) is 5.41 Å². The van der Waals surface area contributed by atoms with Crippen molar-refractivity contribution in [3.05, 3.63) is 40.4 Å². The Morgan fingerprint density at radius 1 is 1.18 bits per heavy atom. The lowest BCUT2D eigenvalue weighted by Gasteiger charge is -2.52. The van der Waals surface area contributed by atoms with E-state index in [0.29, 0.717) is 38.9 Å². The van der Waals surface area contributed by atoms with Gasteiger partial charge in [-0.15, -0.1) is 0 Å². The SMILES string of the molecule is CC(=N)c1c(N)nc(C23CCC(NSc4cc(Cl)ccc4F)(CC2)CC3)nc1OC1CCN(C(C)C)CC1. The van der Waals surface area contributed by atoms with Gasteiger partial charge in [0, 0.05) is 40.8 Å². The fourth-order valence-corrected chi connectivity index (χ4v) is 7.41. The molecule has 7 nitrogen and oxygen atoms in total. The molecule has 2 bridgehead atoms. The largest absolute Gasteiger partial charge is 0.474 e. The van der Waals surface area contributed by atoms with E-state index in [1.165, 1.54) is 18.0 Å². The Morgan fingerprint density at radius 2 is 1.84 bits per heavy atom. The van der Waals surface area contributed by atoms with Crippen LogP contribution in [0, 0.1) is 11.2 Å². The molecule has 0 amide bonds. The van der Waals surface area contributed by atoms with E-state index in [2.05, 4.69) is 23.5 Å². The van der Waals surface area contributed by atoms with Crippen molar-refractivity contribution in [2.24, 2.45) is 0 Å². The number of hydrogen-bond donors (Lipinski definition) is 3. The number of piperidine rings is 1. The van der Waals surface area contributed by atoms with Crippen molar-refractivity contribution in [1.82, 2.24) is 19.6 Å². The van der Waals surface area contributed by atoms with E-state index in [1.54, 1.807) is 19.1 Å². The molecule has 2 aromatic rings. The molecule has 4 aliphatic rings. The third kappa shape index (κ3) is 5.53. The molecular weight excluding hydrogens is 523 g/mol. The van der Waals surface area contributed by atoms with E-state index in [9.17, 15) is 4.39 Å². The third-order valence-corrected chi connectivity index (χ3v) is 10.1. The number of nitrogens with one attached hydrogen (secondary N) is 2. The fourth-order valence-electron chi connectivity index (χ4n) is 6.19. The number of hydrogen-bond acceptors (Lipinski definition) is 8. The molecule has 3 aliphatic carbocycles. The second-order valence-corrected chi connectivity index (χ2v) is 12.8. The molecule has 6 rings (SSSR count). The zero-order valence-corrected chi connectivity index (χ0v) is 24.0. The van der Waals surface area contributed by atoms with E-state index in [4.69, 9.17) is 37.4 Å². The lowest BCUT2D eigenvalue weighted by atomic mass is 9.57. The molecule has 206 valence electrons. The molecule has 10 heteroatoms. The number of aromatic nitrogens is 2. The van der Waals surface area contributed by atoms with Crippen molar-refractivity contribution in [2.75, 3.05) is 18.8 Å². The fraction of sp³-hybridized carbons (Fsp3) is 0.607. The maximum Gasteiger partial charge on any atom is 0.228 e. The zero-order chi connectivity index (χ0) is 27.1. The van der Waals surface area contributed by atoms with Gasteiger partial charge in [0.2, 0.25) is 5.88 Å². The molecular formula is C28H38ClFN6OS. The monoisotopic (exact) mass is 560 g/mol. The average Bonchev–Trinajstić information content (AvgIpc) is 2.90. The van der Waals surface area contributed by atoms with Gasteiger partial charge in [0.05, 0.1) is 10.5 Å². The molecule has 0 unspecified atom stereocenters. The first-order valence-electron chi connectivity index (χ1n) is 13.6. The third-order valence-electron chi connectivity index (χ3n) is 8.76. The molecule has 0 atom stereocenters. The van der Waals surface area contributed by atoms with Gasteiger partial charge in [-0.2, -0.15) is 4.98 Å². The van der Waals surface area contributed by atoms with Crippen LogP contribution in [0.25, 0.3) is 0 Å². The highest BCUT2D eigenvalue weighted by atomic mass is 35.5. The summed E-state index contributed by atoms with van der Waals surface area (Å²) in [7, 11) is 0. The van der Waals surface area contributed by atoms with Crippen LogP contribution in [0.1, 0.15) is 83.5 Å². The maximum absolute atomic E-state index is 14.3. The molecule has 38 heavy (non-hydrogen) atoms. The molecule has 1 aromatic heterocycles. The number of nitrogens with two attached hydrogens (primary N) is 1. The Kier molecular flexibility index (Phi) is 7.93. The van der Waals surface area contributed by atoms with Crippen molar-refractivity contribution in [3.8, 4) is 5.88 Å². The first kappa shape index (κ1) is 27.6. The summed E-state index contributed by atoms with van der Waals surface area (Å²) < 4.78 is 24.3. The second kappa shape index (κ2) is 10.9. The summed E-state index contributed by atoms with van der Waals surface area (Å²) in [6.45, 7) is 8.14. The first-order valence-corrected chi connectivity index (χ1v) is 14.8. The van der Waals surface area contributed by atoms with Crippen molar-refractivity contribution in [3.63, 3.8) is 0 Å². The van der Waals surface area contributed by atoms with Gasteiger partial charge in [-0.05, 0) is 102 Å². The minimum absolute atomic E-state index is 0.0537. The van der Waals surface area contributed by atoms with Crippen LogP contribution < -0.4 is 15.2 Å². The number of rotatable bonds is 8. The Labute approximate surface area is 234 Å². The highest BCUT2D eigenvalue weighted by molar-refractivity contribution is 7.97. The number of ether oxygens (including phenoxy) is 1. The van der Waals surface area contributed by atoms with E-state index in [0.717, 1.165) is 70.3 Å². The zero-order valence-electron chi connectivity index (χ0n) is 22.4. The molecule has 1 aromatic carbocycles. The lowest BCUT2D eigenvalue weighted by molar-refractivity contribution is 0.0765. The maximum atomic E-state index is 14.3. The molecule has 4 fully saturated rings. The topological polar surface area (TPSA) is 100 Å². The van der Waals surface area contributed by atoms with Crippen LogP contribution in [0.2, 0.25) is 5.02 Å². The minimum Gasteiger partial charge on any atom is -0.474 e. The summed E-state index contributed by atoms with van der Waals surface area (Å²) in [5.41, 5.74) is 7.07. The summed E-state index contributed by atoms with van der Waals surface area (Å²) in [5.74, 6) is 1.28. The van der Waals surface area contributed by atoms with Gasteiger partial charge >= 0.3 is 0 Å². The van der Waals surface area contributed by atoms with Gasteiger partial charge in [-0.3, -0.25) is 4.72 Å². The number of benzene rings is 1. The molecule has 1 aliphatic heterocycles. The normalized spacial score (nSPS) is 26.2. The van der Waals surface area contributed by atoms with Crippen molar-refractivity contribution < 1.29 is 9.13 Å². The number of anilines is 1. The van der Waals surface area contributed by atoms with Gasteiger partial charge in [-0.25, -0.2) is 9.37 Å². The number of nitrogen functional groups attached to an aromatic ring is 1. The molecule has 2 heterocycles. The number of halogens is 2. The summed E-state index contributed by atoms with van der Waals surface area (Å²) >= 11 is 7.41. The Bertz CT molecular complexity index is 1180. The van der Waals surface area contributed by atoms with Crippen LogP contribution in [-0.4, -0.2) is 51.4 Å². The average molecular weight is 561 g/mol. The Balaban J connectivity index is 1.31. The molecule has 1 saturated heterocycles. The van der Waals surface area contributed by atoms with Gasteiger partial charge in [0.15, 0.2) is 0 Å². The molecule has 0 radical (unpaired) electrons. The van der Waals surface area contributed by atoms with Crippen LogP contribution in [0.15, 0.2) is 23.1 Å². The molecule has 0 spiro atoms. The van der Waals surface area contributed by atoms with Crippen molar-refractivity contribution >= 4 is 35.1 Å². The molecule has 4 N–H and O–H groups in total. The number of nitrogens with zero attached hydrogens (tertiary/aromatic N) is 3. The van der Waals surface area contributed by atoms with Crippen LogP contribution in [0.4, 0.5) is 10.2 Å². The van der Waals surface area contributed by atoms with Crippen LogP contribution in [0.5, 0.6) is 5.88 Å². The summed E-state index contributed by atoms with van der Waals surface area (Å²) in [4.78, 5) is 12.7.